The van der Waals surface area contributed by atoms with Crippen molar-refractivity contribution in [1.82, 2.24) is 35.0 Å². The zero-order valence-corrected chi connectivity index (χ0v) is 16.3. The van der Waals surface area contributed by atoms with Gasteiger partial charge in [0, 0.05) is 18.8 Å². The number of benzene rings is 1. The smallest absolute Gasteiger partial charge is 0.319 e. The van der Waals surface area contributed by atoms with Gasteiger partial charge in [0.2, 0.25) is 5.95 Å². The number of aromatic nitrogens is 6. The molecule has 0 aliphatic heterocycles. The van der Waals surface area contributed by atoms with E-state index in [1.165, 1.54) is 0 Å². The first-order valence-electron chi connectivity index (χ1n) is 8.66. The summed E-state index contributed by atoms with van der Waals surface area (Å²) in [6.45, 7) is 0.806. The first kappa shape index (κ1) is 20.9. The van der Waals surface area contributed by atoms with Crippen molar-refractivity contribution in [2.75, 3.05) is 34.7 Å². The number of aromatic amines is 1. The number of hydrogen-bond acceptors (Lipinski definition) is 11. The molecule has 2 aromatic heterocycles. The van der Waals surface area contributed by atoms with Gasteiger partial charge in [-0.25, -0.2) is 15.8 Å². The van der Waals surface area contributed by atoms with E-state index in [9.17, 15) is 4.79 Å². The molecule has 0 aliphatic rings. The summed E-state index contributed by atoms with van der Waals surface area (Å²) in [4.78, 5) is 23.5. The van der Waals surface area contributed by atoms with Crippen molar-refractivity contribution in [2.45, 2.75) is 6.42 Å². The van der Waals surface area contributed by atoms with Crippen molar-refractivity contribution >= 4 is 41.8 Å². The third-order valence-electron chi connectivity index (χ3n) is 3.69. The van der Waals surface area contributed by atoms with Crippen LogP contribution in [0.2, 0.25) is 0 Å². The molecule has 0 atom stereocenters. The minimum absolute atomic E-state index is 0.136. The van der Waals surface area contributed by atoms with Crippen molar-refractivity contribution in [2.24, 2.45) is 0 Å². The molecule has 8 N–H and O–H groups in total. The average molecular weight is 433 g/mol. The SMILES string of the molecule is O=C(NCCCNc1nc(NO)nc(NO)n1)Nc1cccc(-n2cn[nH]c2=S)c1. The fourth-order valence-corrected chi connectivity index (χ4v) is 2.59. The second kappa shape index (κ2) is 10.1. The van der Waals surface area contributed by atoms with Gasteiger partial charge in [-0.3, -0.25) is 20.1 Å². The molecule has 3 rings (SSSR count). The Hall–Kier alpha value is -3.82. The van der Waals surface area contributed by atoms with Crippen LogP contribution in [0.25, 0.3) is 5.69 Å². The number of carbonyl (C=O) groups is 1. The quantitative estimate of drug-likeness (QED) is 0.138. The zero-order chi connectivity index (χ0) is 21.3. The van der Waals surface area contributed by atoms with E-state index in [0.29, 0.717) is 30.0 Å². The molecule has 0 radical (unpaired) electrons. The molecule has 3 aromatic rings. The van der Waals surface area contributed by atoms with E-state index < -0.39 is 0 Å². The Bertz CT molecular complexity index is 1030. The molecular formula is C15H19N11O3S. The van der Waals surface area contributed by atoms with E-state index in [2.05, 4.69) is 41.1 Å². The van der Waals surface area contributed by atoms with Gasteiger partial charge in [-0.1, -0.05) is 6.07 Å². The summed E-state index contributed by atoms with van der Waals surface area (Å²) in [6.07, 6.45) is 2.12. The van der Waals surface area contributed by atoms with Gasteiger partial charge in [0.15, 0.2) is 4.77 Å². The van der Waals surface area contributed by atoms with Crippen LogP contribution in [0.4, 0.5) is 28.3 Å². The van der Waals surface area contributed by atoms with E-state index in [1.807, 2.05) is 6.07 Å². The molecule has 2 heterocycles. The number of hydrogen-bond donors (Lipinski definition) is 8. The Labute approximate surface area is 174 Å². The minimum atomic E-state index is -0.360. The van der Waals surface area contributed by atoms with Crippen LogP contribution in [0.3, 0.4) is 0 Å². The van der Waals surface area contributed by atoms with Crippen LogP contribution in [0.15, 0.2) is 30.6 Å². The normalized spacial score (nSPS) is 10.3. The summed E-state index contributed by atoms with van der Waals surface area (Å²) >= 11 is 5.14. The maximum atomic E-state index is 12.1. The molecule has 0 saturated heterocycles. The molecular weight excluding hydrogens is 414 g/mol. The van der Waals surface area contributed by atoms with Crippen LogP contribution in [0, 0.1) is 4.77 Å². The van der Waals surface area contributed by atoms with Crippen LogP contribution >= 0.6 is 12.2 Å². The third kappa shape index (κ3) is 5.60. The lowest BCUT2D eigenvalue weighted by Crippen LogP contribution is -2.30. The fraction of sp³-hybridized carbons (Fsp3) is 0.200. The van der Waals surface area contributed by atoms with Gasteiger partial charge < -0.3 is 16.0 Å². The molecule has 158 valence electrons. The predicted octanol–water partition coefficient (Wildman–Crippen LogP) is 1.34. The van der Waals surface area contributed by atoms with E-state index >= 15 is 0 Å². The maximum absolute atomic E-state index is 12.1. The highest BCUT2D eigenvalue weighted by Crippen LogP contribution is 2.14. The van der Waals surface area contributed by atoms with E-state index in [4.69, 9.17) is 22.6 Å². The number of nitrogens with one attached hydrogen (secondary N) is 6. The number of nitrogens with zero attached hydrogens (tertiary/aromatic N) is 5. The van der Waals surface area contributed by atoms with Crippen LogP contribution < -0.4 is 26.9 Å². The van der Waals surface area contributed by atoms with Gasteiger partial charge >= 0.3 is 6.03 Å². The summed E-state index contributed by atoms with van der Waals surface area (Å²) in [6, 6.07) is 6.81. The van der Waals surface area contributed by atoms with Crippen LogP contribution in [-0.2, 0) is 0 Å². The third-order valence-corrected chi connectivity index (χ3v) is 3.98. The lowest BCUT2D eigenvalue weighted by Gasteiger charge is -2.10. The van der Waals surface area contributed by atoms with Gasteiger partial charge in [-0.2, -0.15) is 20.1 Å². The van der Waals surface area contributed by atoms with Crippen LogP contribution in [0.1, 0.15) is 6.42 Å². The molecule has 0 unspecified atom stereocenters. The molecule has 0 saturated carbocycles. The highest BCUT2D eigenvalue weighted by Gasteiger charge is 2.06. The van der Waals surface area contributed by atoms with Crippen LogP contribution in [0.5, 0.6) is 0 Å². The second-order valence-electron chi connectivity index (χ2n) is 5.77. The molecule has 15 heteroatoms. The minimum Gasteiger partial charge on any atom is -0.354 e. The van der Waals surface area contributed by atoms with Crippen molar-refractivity contribution < 1.29 is 15.2 Å². The molecule has 2 amide bonds. The summed E-state index contributed by atoms with van der Waals surface area (Å²) < 4.78 is 2.13. The molecule has 0 fully saturated rings. The van der Waals surface area contributed by atoms with Gasteiger partial charge in [-0.05, 0) is 36.8 Å². The number of amides is 2. The monoisotopic (exact) mass is 433 g/mol. The molecule has 0 bridgehead atoms. The summed E-state index contributed by atoms with van der Waals surface area (Å²) in [5, 5.41) is 32.6. The van der Waals surface area contributed by atoms with Crippen LogP contribution in [-0.4, -0.2) is 59.3 Å². The first-order valence-corrected chi connectivity index (χ1v) is 9.07. The van der Waals surface area contributed by atoms with Gasteiger partial charge in [0.05, 0.1) is 5.69 Å². The second-order valence-corrected chi connectivity index (χ2v) is 6.16. The van der Waals surface area contributed by atoms with E-state index in [0.717, 1.165) is 5.69 Å². The summed E-state index contributed by atoms with van der Waals surface area (Å²) in [7, 11) is 0. The highest BCUT2D eigenvalue weighted by atomic mass is 32.1. The average Bonchev–Trinajstić information content (AvgIpc) is 3.19. The van der Waals surface area contributed by atoms with Gasteiger partial charge in [0.25, 0.3) is 11.9 Å². The molecule has 0 spiro atoms. The Morgan fingerprint density at radius 2 is 1.83 bits per heavy atom. The number of urea groups is 1. The lowest BCUT2D eigenvalue weighted by molar-refractivity contribution is 0.252. The lowest BCUT2D eigenvalue weighted by atomic mass is 10.3. The topological polar surface area (TPSA) is 190 Å². The van der Waals surface area contributed by atoms with E-state index in [1.54, 1.807) is 40.1 Å². The molecule has 1 aromatic carbocycles. The van der Waals surface area contributed by atoms with Crippen molar-refractivity contribution in [1.29, 1.82) is 0 Å². The number of rotatable bonds is 9. The summed E-state index contributed by atoms with van der Waals surface area (Å²) in [5.41, 5.74) is 4.90. The molecule has 0 aliphatic carbocycles. The summed E-state index contributed by atoms with van der Waals surface area (Å²) in [5.74, 6) is -0.140. The van der Waals surface area contributed by atoms with Gasteiger partial charge in [-0.15, -0.1) is 0 Å². The number of carbonyl (C=O) groups excluding carboxylic acids is 1. The highest BCUT2D eigenvalue weighted by molar-refractivity contribution is 7.71. The fourth-order valence-electron chi connectivity index (χ4n) is 2.39. The van der Waals surface area contributed by atoms with Crippen molar-refractivity contribution in [3.05, 3.63) is 35.4 Å². The Balaban J connectivity index is 1.44. The number of H-pyrrole nitrogens is 1. The standard InChI is InChI=1S/C15H19N11O3S/c27-14(19-9-3-1-4-10(7-9)26-8-18-23-15(26)30)17-6-2-5-16-11-20-12(24-28)22-13(21-11)25-29/h1,3-4,7-8,28-29H,2,5-6H2,(H,23,30)(H2,17,19,27)(H3,16,20,21,22,24,25). The van der Waals surface area contributed by atoms with Crippen molar-refractivity contribution in [3.8, 4) is 5.69 Å². The predicted molar refractivity (Wildman–Crippen MR) is 110 cm³/mol. The maximum Gasteiger partial charge on any atom is 0.319 e. The Kier molecular flexibility index (Phi) is 7.04. The Morgan fingerprint density at radius 3 is 2.50 bits per heavy atom. The molecule has 30 heavy (non-hydrogen) atoms. The Morgan fingerprint density at radius 1 is 1.10 bits per heavy atom. The van der Waals surface area contributed by atoms with E-state index in [-0.39, 0.29) is 23.9 Å². The van der Waals surface area contributed by atoms with Gasteiger partial charge in [0.1, 0.15) is 6.33 Å². The number of anilines is 4. The first-order chi connectivity index (χ1) is 14.6. The largest absolute Gasteiger partial charge is 0.354 e. The zero-order valence-electron chi connectivity index (χ0n) is 15.5. The van der Waals surface area contributed by atoms with Crippen molar-refractivity contribution in [3.63, 3.8) is 0 Å². The molecule has 14 nitrogen and oxygen atoms in total.